The van der Waals surface area contributed by atoms with Crippen molar-refractivity contribution < 1.29 is 28.7 Å². The van der Waals surface area contributed by atoms with Crippen LogP contribution in [0.25, 0.3) is 0 Å². The van der Waals surface area contributed by atoms with Crippen LogP contribution < -0.4 is 10.6 Å². The van der Waals surface area contributed by atoms with Gasteiger partial charge in [-0.1, -0.05) is 12.1 Å². The summed E-state index contributed by atoms with van der Waals surface area (Å²) in [4.78, 5) is 45.1. The number of ether oxygens (including phenoxy) is 2. The SMILES string of the molecule is COC(=O)NC(=O)[C@@H](C)OC(=O)Cc1ccc(NC(C)=O)cc1. The number of amides is 3. The van der Waals surface area contributed by atoms with Crippen molar-refractivity contribution in [2.45, 2.75) is 26.4 Å². The molecule has 0 saturated carbocycles. The first-order valence-corrected chi connectivity index (χ1v) is 6.76. The number of esters is 1. The average molecular weight is 322 g/mol. The highest BCUT2D eigenvalue weighted by Crippen LogP contribution is 2.10. The van der Waals surface area contributed by atoms with Crippen LogP contribution in [0.2, 0.25) is 0 Å². The lowest BCUT2D eigenvalue weighted by Gasteiger charge is -2.12. The zero-order valence-corrected chi connectivity index (χ0v) is 13.0. The van der Waals surface area contributed by atoms with Crippen LogP contribution in [0.15, 0.2) is 24.3 Å². The Bertz CT molecular complexity index is 596. The summed E-state index contributed by atoms with van der Waals surface area (Å²) in [5.74, 6) is -1.58. The van der Waals surface area contributed by atoms with Crippen molar-refractivity contribution in [1.29, 1.82) is 0 Å². The molecule has 0 aliphatic carbocycles. The normalized spacial score (nSPS) is 11.1. The Kier molecular flexibility index (Phi) is 6.72. The molecular weight excluding hydrogens is 304 g/mol. The number of hydrogen-bond donors (Lipinski definition) is 2. The first-order valence-electron chi connectivity index (χ1n) is 6.76. The number of carbonyl (C=O) groups excluding carboxylic acids is 4. The Labute approximate surface area is 133 Å². The van der Waals surface area contributed by atoms with Crippen molar-refractivity contribution in [1.82, 2.24) is 5.32 Å². The van der Waals surface area contributed by atoms with E-state index in [4.69, 9.17) is 4.74 Å². The second-order valence-corrected chi connectivity index (χ2v) is 4.67. The number of imide groups is 1. The molecule has 0 aromatic heterocycles. The smallest absolute Gasteiger partial charge is 0.413 e. The number of rotatable bonds is 5. The van der Waals surface area contributed by atoms with E-state index in [2.05, 4.69) is 10.1 Å². The van der Waals surface area contributed by atoms with Gasteiger partial charge in [-0.05, 0) is 24.6 Å². The summed E-state index contributed by atoms with van der Waals surface area (Å²) in [6.45, 7) is 2.74. The Morgan fingerprint density at radius 3 is 2.26 bits per heavy atom. The molecule has 8 heteroatoms. The van der Waals surface area contributed by atoms with E-state index in [-0.39, 0.29) is 12.3 Å². The molecule has 1 aromatic carbocycles. The minimum absolute atomic E-state index is 0.0454. The van der Waals surface area contributed by atoms with Gasteiger partial charge in [-0.15, -0.1) is 0 Å². The molecule has 0 fully saturated rings. The summed E-state index contributed by atoms with van der Waals surface area (Å²) in [5.41, 5.74) is 1.27. The minimum atomic E-state index is -1.12. The van der Waals surface area contributed by atoms with E-state index in [0.717, 1.165) is 7.11 Å². The number of benzene rings is 1. The van der Waals surface area contributed by atoms with Gasteiger partial charge in [0.25, 0.3) is 5.91 Å². The molecule has 3 amide bonds. The van der Waals surface area contributed by atoms with Crippen molar-refractivity contribution in [3.8, 4) is 0 Å². The molecule has 1 rings (SSSR count). The summed E-state index contributed by atoms with van der Waals surface area (Å²) in [7, 11) is 1.11. The van der Waals surface area contributed by atoms with Crippen LogP contribution in [0.4, 0.5) is 10.5 Å². The minimum Gasteiger partial charge on any atom is -0.453 e. The van der Waals surface area contributed by atoms with Crippen LogP contribution >= 0.6 is 0 Å². The molecule has 0 radical (unpaired) electrons. The molecule has 0 bridgehead atoms. The molecule has 1 aromatic rings. The van der Waals surface area contributed by atoms with Crippen molar-refractivity contribution in [3.63, 3.8) is 0 Å². The fourth-order valence-electron chi connectivity index (χ4n) is 1.62. The lowest BCUT2D eigenvalue weighted by atomic mass is 10.1. The number of methoxy groups -OCH3 is 1. The molecule has 0 aliphatic rings. The zero-order valence-electron chi connectivity index (χ0n) is 13.0. The Balaban J connectivity index is 2.51. The Morgan fingerprint density at radius 2 is 1.74 bits per heavy atom. The largest absolute Gasteiger partial charge is 0.453 e. The highest BCUT2D eigenvalue weighted by molar-refractivity contribution is 5.95. The predicted molar refractivity (Wildman–Crippen MR) is 80.6 cm³/mol. The van der Waals surface area contributed by atoms with E-state index in [0.29, 0.717) is 11.3 Å². The van der Waals surface area contributed by atoms with Gasteiger partial charge in [-0.2, -0.15) is 0 Å². The van der Waals surface area contributed by atoms with Crippen LogP contribution in [0, 0.1) is 0 Å². The monoisotopic (exact) mass is 322 g/mol. The molecule has 0 unspecified atom stereocenters. The van der Waals surface area contributed by atoms with Gasteiger partial charge in [0.2, 0.25) is 5.91 Å². The Morgan fingerprint density at radius 1 is 1.13 bits per heavy atom. The maximum Gasteiger partial charge on any atom is 0.413 e. The Hall–Kier alpha value is -2.90. The molecule has 0 aliphatic heterocycles. The molecule has 23 heavy (non-hydrogen) atoms. The maximum absolute atomic E-state index is 11.8. The van der Waals surface area contributed by atoms with E-state index < -0.39 is 24.1 Å². The van der Waals surface area contributed by atoms with Gasteiger partial charge in [0, 0.05) is 12.6 Å². The van der Waals surface area contributed by atoms with Crippen LogP contribution in [-0.4, -0.2) is 37.1 Å². The predicted octanol–water partition coefficient (Wildman–Crippen LogP) is 1.00. The first kappa shape index (κ1) is 18.1. The van der Waals surface area contributed by atoms with Gasteiger partial charge >= 0.3 is 12.1 Å². The summed E-state index contributed by atoms with van der Waals surface area (Å²) in [6.07, 6.45) is -2.09. The molecule has 8 nitrogen and oxygen atoms in total. The second-order valence-electron chi connectivity index (χ2n) is 4.67. The molecule has 0 heterocycles. The maximum atomic E-state index is 11.8. The van der Waals surface area contributed by atoms with Gasteiger partial charge in [-0.3, -0.25) is 19.7 Å². The van der Waals surface area contributed by atoms with E-state index in [9.17, 15) is 19.2 Å². The fourth-order valence-corrected chi connectivity index (χ4v) is 1.62. The fraction of sp³-hybridized carbons (Fsp3) is 0.333. The molecule has 2 N–H and O–H groups in total. The number of carbonyl (C=O) groups is 4. The molecule has 1 atom stereocenters. The molecule has 124 valence electrons. The van der Waals surface area contributed by atoms with E-state index in [1.807, 2.05) is 5.32 Å². The van der Waals surface area contributed by atoms with Crippen molar-refractivity contribution in [2.75, 3.05) is 12.4 Å². The highest BCUT2D eigenvalue weighted by Gasteiger charge is 2.20. The first-order chi connectivity index (χ1) is 10.8. The zero-order chi connectivity index (χ0) is 17.4. The number of hydrogen-bond acceptors (Lipinski definition) is 6. The van der Waals surface area contributed by atoms with Gasteiger partial charge in [-0.25, -0.2) is 4.79 Å². The standard InChI is InChI=1S/C15H18N2O6/c1-9(14(20)17-15(21)22-3)23-13(19)8-11-4-6-12(7-5-11)16-10(2)18/h4-7,9H,8H2,1-3H3,(H,16,18)(H,17,20,21)/t9-/m1/s1. The quantitative estimate of drug-likeness (QED) is 0.782. The van der Waals surface area contributed by atoms with Gasteiger partial charge in [0.1, 0.15) is 0 Å². The third-order valence-corrected chi connectivity index (χ3v) is 2.71. The third-order valence-electron chi connectivity index (χ3n) is 2.71. The summed E-state index contributed by atoms with van der Waals surface area (Å²) >= 11 is 0. The summed E-state index contributed by atoms with van der Waals surface area (Å²) in [6, 6.07) is 6.62. The van der Waals surface area contributed by atoms with E-state index in [1.165, 1.54) is 13.8 Å². The van der Waals surface area contributed by atoms with Crippen LogP contribution in [0.3, 0.4) is 0 Å². The molecule has 0 saturated heterocycles. The topological polar surface area (TPSA) is 111 Å². The molecular formula is C15H18N2O6. The third kappa shape index (κ3) is 6.60. The highest BCUT2D eigenvalue weighted by atomic mass is 16.6. The van der Waals surface area contributed by atoms with Gasteiger partial charge in [0.15, 0.2) is 6.10 Å². The van der Waals surface area contributed by atoms with Crippen LogP contribution in [0.5, 0.6) is 0 Å². The van der Waals surface area contributed by atoms with Crippen molar-refractivity contribution in [2.24, 2.45) is 0 Å². The van der Waals surface area contributed by atoms with E-state index in [1.54, 1.807) is 24.3 Å². The number of alkyl carbamates (subject to hydrolysis) is 1. The van der Waals surface area contributed by atoms with E-state index >= 15 is 0 Å². The van der Waals surface area contributed by atoms with Crippen LogP contribution in [0.1, 0.15) is 19.4 Å². The van der Waals surface area contributed by atoms with Crippen molar-refractivity contribution in [3.05, 3.63) is 29.8 Å². The number of nitrogens with one attached hydrogen (secondary N) is 2. The van der Waals surface area contributed by atoms with Gasteiger partial charge < -0.3 is 14.8 Å². The lowest BCUT2D eigenvalue weighted by Crippen LogP contribution is -2.39. The number of anilines is 1. The van der Waals surface area contributed by atoms with Crippen molar-refractivity contribution >= 4 is 29.6 Å². The average Bonchev–Trinajstić information content (AvgIpc) is 2.48. The molecule has 0 spiro atoms. The van der Waals surface area contributed by atoms with Crippen LogP contribution in [-0.2, 0) is 30.3 Å². The second kappa shape index (κ2) is 8.52. The van der Waals surface area contributed by atoms with Gasteiger partial charge in [0.05, 0.1) is 13.5 Å². The summed E-state index contributed by atoms with van der Waals surface area (Å²) in [5, 5.41) is 4.51. The lowest BCUT2D eigenvalue weighted by molar-refractivity contribution is -0.153. The summed E-state index contributed by atoms with van der Waals surface area (Å²) < 4.78 is 9.20.